The molecule has 1 saturated heterocycles. The van der Waals surface area contributed by atoms with Gasteiger partial charge in [0.1, 0.15) is 0 Å². The fourth-order valence-electron chi connectivity index (χ4n) is 5.35. The van der Waals surface area contributed by atoms with Crippen LogP contribution in [0.3, 0.4) is 0 Å². The second kappa shape index (κ2) is 8.22. The van der Waals surface area contributed by atoms with Gasteiger partial charge in [0.05, 0.1) is 5.69 Å². The molecule has 30 heavy (non-hydrogen) atoms. The van der Waals surface area contributed by atoms with Crippen molar-refractivity contribution in [2.75, 3.05) is 49.1 Å². The van der Waals surface area contributed by atoms with Gasteiger partial charge in [0.2, 0.25) is 0 Å². The normalized spacial score (nSPS) is 20.3. The third-order valence-corrected chi connectivity index (χ3v) is 7.36. The lowest BCUT2D eigenvalue weighted by Crippen LogP contribution is -2.35. The van der Waals surface area contributed by atoms with Gasteiger partial charge in [-0.1, -0.05) is 32.4 Å². The van der Waals surface area contributed by atoms with Crippen molar-refractivity contribution in [1.29, 1.82) is 0 Å². The van der Waals surface area contributed by atoms with E-state index in [2.05, 4.69) is 47.9 Å². The number of anilines is 2. The Bertz CT molecular complexity index is 933. The lowest BCUT2D eigenvalue weighted by molar-refractivity contribution is 0.0992. The zero-order chi connectivity index (χ0) is 20.7. The molecule has 1 amide bonds. The Hall–Kier alpha value is -2.07. The van der Waals surface area contributed by atoms with E-state index >= 15 is 0 Å². The Kier molecular flexibility index (Phi) is 5.44. The van der Waals surface area contributed by atoms with Crippen molar-refractivity contribution in [2.24, 2.45) is 11.8 Å². The molecule has 2 aliphatic heterocycles. The SMILES string of the molecule is CC(C)CCN1C(=O)c2cccc3c(N4CCCN(CC5CCC5)CC4)ccc1c23. The van der Waals surface area contributed by atoms with Gasteiger partial charge in [0.25, 0.3) is 5.91 Å². The quantitative estimate of drug-likeness (QED) is 0.664. The minimum atomic E-state index is 0.177. The van der Waals surface area contributed by atoms with Crippen LogP contribution in [0.15, 0.2) is 30.3 Å². The molecule has 0 unspecified atom stereocenters. The number of hydrogen-bond donors (Lipinski definition) is 0. The lowest BCUT2D eigenvalue weighted by atomic mass is 9.85. The summed E-state index contributed by atoms with van der Waals surface area (Å²) in [6.07, 6.45) is 6.53. The van der Waals surface area contributed by atoms with Crippen molar-refractivity contribution in [3.63, 3.8) is 0 Å². The van der Waals surface area contributed by atoms with Gasteiger partial charge in [-0.3, -0.25) is 4.79 Å². The van der Waals surface area contributed by atoms with Crippen molar-refractivity contribution in [2.45, 2.75) is 46.0 Å². The van der Waals surface area contributed by atoms with E-state index in [0.29, 0.717) is 5.92 Å². The average Bonchev–Trinajstić information content (AvgIpc) is 2.85. The number of amides is 1. The summed E-state index contributed by atoms with van der Waals surface area (Å²) >= 11 is 0. The van der Waals surface area contributed by atoms with Gasteiger partial charge in [-0.05, 0) is 62.3 Å². The molecule has 0 radical (unpaired) electrons. The number of benzene rings is 2. The van der Waals surface area contributed by atoms with Gasteiger partial charge in [-0.15, -0.1) is 0 Å². The molecule has 2 heterocycles. The molecule has 5 rings (SSSR count). The molecule has 4 nitrogen and oxygen atoms in total. The third kappa shape index (κ3) is 3.60. The largest absolute Gasteiger partial charge is 0.370 e. The van der Waals surface area contributed by atoms with Crippen LogP contribution in [0.1, 0.15) is 56.3 Å². The van der Waals surface area contributed by atoms with Gasteiger partial charge in [-0.25, -0.2) is 0 Å². The summed E-state index contributed by atoms with van der Waals surface area (Å²) in [5.41, 5.74) is 3.30. The maximum absolute atomic E-state index is 13.1. The van der Waals surface area contributed by atoms with E-state index in [1.807, 2.05) is 11.0 Å². The molecule has 160 valence electrons. The zero-order valence-electron chi connectivity index (χ0n) is 18.6. The predicted octanol–water partition coefficient (Wildman–Crippen LogP) is 5.16. The molecule has 0 spiro atoms. The summed E-state index contributed by atoms with van der Waals surface area (Å²) in [5, 5.41) is 2.41. The van der Waals surface area contributed by atoms with E-state index < -0.39 is 0 Å². The molecule has 0 bridgehead atoms. The van der Waals surface area contributed by atoms with E-state index in [1.165, 1.54) is 55.2 Å². The van der Waals surface area contributed by atoms with E-state index in [9.17, 15) is 4.79 Å². The minimum absolute atomic E-state index is 0.177. The topological polar surface area (TPSA) is 26.8 Å². The van der Waals surface area contributed by atoms with Crippen LogP contribution in [-0.4, -0.2) is 50.1 Å². The summed E-state index contributed by atoms with van der Waals surface area (Å²) in [6, 6.07) is 10.8. The Balaban J connectivity index is 1.41. The van der Waals surface area contributed by atoms with Crippen molar-refractivity contribution < 1.29 is 4.79 Å². The Morgan fingerprint density at radius 3 is 2.57 bits per heavy atom. The lowest BCUT2D eigenvalue weighted by Gasteiger charge is -2.31. The van der Waals surface area contributed by atoms with Crippen LogP contribution in [0.2, 0.25) is 0 Å². The molecular weight excluding hydrogens is 370 g/mol. The number of rotatable bonds is 6. The van der Waals surface area contributed by atoms with Crippen molar-refractivity contribution >= 4 is 28.1 Å². The van der Waals surface area contributed by atoms with Gasteiger partial charge in [0.15, 0.2) is 0 Å². The first-order valence-electron chi connectivity index (χ1n) is 12.0. The highest BCUT2D eigenvalue weighted by Gasteiger charge is 2.31. The first-order valence-corrected chi connectivity index (χ1v) is 12.0. The summed E-state index contributed by atoms with van der Waals surface area (Å²) in [5.74, 6) is 1.71. The molecule has 3 aliphatic rings. The van der Waals surface area contributed by atoms with E-state index in [-0.39, 0.29) is 5.91 Å². The zero-order valence-corrected chi connectivity index (χ0v) is 18.6. The molecule has 2 aromatic carbocycles. The summed E-state index contributed by atoms with van der Waals surface area (Å²) in [6.45, 7) is 11.1. The Labute approximate surface area is 180 Å². The fourth-order valence-corrected chi connectivity index (χ4v) is 5.35. The van der Waals surface area contributed by atoms with Crippen LogP contribution in [0.5, 0.6) is 0 Å². The van der Waals surface area contributed by atoms with Crippen LogP contribution < -0.4 is 9.80 Å². The van der Waals surface area contributed by atoms with Crippen molar-refractivity contribution in [3.8, 4) is 0 Å². The van der Waals surface area contributed by atoms with Gasteiger partial charge in [0, 0.05) is 54.7 Å². The Morgan fingerprint density at radius 2 is 1.80 bits per heavy atom. The third-order valence-electron chi connectivity index (χ3n) is 7.36. The maximum Gasteiger partial charge on any atom is 0.258 e. The summed E-state index contributed by atoms with van der Waals surface area (Å²) < 4.78 is 0. The molecule has 4 heteroatoms. The van der Waals surface area contributed by atoms with E-state index in [1.54, 1.807) is 0 Å². The number of hydrogen-bond acceptors (Lipinski definition) is 3. The van der Waals surface area contributed by atoms with Crippen LogP contribution in [0.4, 0.5) is 11.4 Å². The molecule has 2 aromatic rings. The predicted molar refractivity (Wildman–Crippen MR) is 126 cm³/mol. The highest BCUT2D eigenvalue weighted by atomic mass is 16.2. The van der Waals surface area contributed by atoms with Crippen molar-refractivity contribution in [3.05, 3.63) is 35.9 Å². The highest BCUT2D eigenvalue weighted by Crippen LogP contribution is 2.42. The summed E-state index contributed by atoms with van der Waals surface area (Å²) in [4.78, 5) is 20.4. The minimum Gasteiger partial charge on any atom is -0.370 e. The van der Waals surface area contributed by atoms with Gasteiger partial charge in [-0.2, -0.15) is 0 Å². The fraction of sp³-hybridized carbons (Fsp3) is 0.577. The van der Waals surface area contributed by atoms with Gasteiger partial charge >= 0.3 is 0 Å². The molecule has 0 atom stereocenters. The molecule has 1 aliphatic carbocycles. The smallest absolute Gasteiger partial charge is 0.258 e. The van der Waals surface area contributed by atoms with Gasteiger partial charge < -0.3 is 14.7 Å². The Morgan fingerprint density at radius 1 is 0.967 bits per heavy atom. The van der Waals surface area contributed by atoms with Crippen LogP contribution in [-0.2, 0) is 0 Å². The maximum atomic E-state index is 13.1. The molecular formula is C26H35N3O. The molecule has 2 fully saturated rings. The molecule has 0 N–H and O–H groups in total. The monoisotopic (exact) mass is 405 g/mol. The second-order valence-corrected chi connectivity index (χ2v) is 9.91. The number of carbonyl (C=O) groups is 1. The van der Waals surface area contributed by atoms with Crippen LogP contribution in [0.25, 0.3) is 10.8 Å². The molecule has 0 aromatic heterocycles. The highest BCUT2D eigenvalue weighted by molar-refractivity contribution is 6.26. The number of nitrogens with zero attached hydrogens (tertiary/aromatic N) is 3. The van der Waals surface area contributed by atoms with Crippen LogP contribution in [0, 0.1) is 11.8 Å². The molecule has 1 saturated carbocycles. The average molecular weight is 406 g/mol. The first-order chi connectivity index (χ1) is 14.6. The van der Waals surface area contributed by atoms with Crippen LogP contribution >= 0.6 is 0 Å². The number of carbonyl (C=O) groups excluding carboxylic acids is 1. The first kappa shape index (κ1) is 19.9. The van der Waals surface area contributed by atoms with E-state index in [0.717, 1.165) is 49.8 Å². The van der Waals surface area contributed by atoms with Crippen molar-refractivity contribution in [1.82, 2.24) is 4.90 Å². The standard InChI is InChI=1S/C26H35N3O/c1-19(2)12-15-29-24-11-10-23(21-8-4-9-22(25(21)24)26(29)30)28-14-5-13-27(16-17-28)18-20-6-3-7-20/h4,8-11,19-20H,3,5-7,12-18H2,1-2H3. The summed E-state index contributed by atoms with van der Waals surface area (Å²) in [7, 11) is 0. The second-order valence-electron chi connectivity index (χ2n) is 9.91. The van der Waals surface area contributed by atoms with E-state index in [4.69, 9.17) is 0 Å².